The zero-order valence-corrected chi connectivity index (χ0v) is 12.7. The molecule has 0 atom stereocenters. The van der Waals surface area contributed by atoms with Gasteiger partial charge in [-0.05, 0) is 38.0 Å². The summed E-state index contributed by atoms with van der Waals surface area (Å²) in [6.07, 6.45) is 1.78. The van der Waals surface area contributed by atoms with E-state index < -0.39 is 0 Å². The number of ether oxygens (including phenoxy) is 1. The smallest absolute Gasteiger partial charge is 0.255 e. The average molecular weight is 297 g/mol. The molecular formula is C15H21ClN2O2. The molecule has 0 saturated carbocycles. The normalized spacial score (nSPS) is 15.9. The highest BCUT2D eigenvalue weighted by atomic mass is 35.5. The van der Waals surface area contributed by atoms with Crippen molar-refractivity contribution < 1.29 is 9.53 Å². The van der Waals surface area contributed by atoms with Crippen molar-refractivity contribution >= 4 is 23.2 Å². The lowest BCUT2D eigenvalue weighted by Crippen LogP contribution is -2.40. The number of carbonyl (C=O) groups excluding carboxylic acids is 1. The van der Waals surface area contributed by atoms with E-state index in [0.29, 0.717) is 10.6 Å². The van der Waals surface area contributed by atoms with Gasteiger partial charge in [0.1, 0.15) is 0 Å². The molecule has 1 heterocycles. The number of hydrogen-bond acceptors (Lipinski definition) is 3. The van der Waals surface area contributed by atoms with E-state index in [-0.39, 0.29) is 11.9 Å². The van der Waals surface area contributed by atoms with Crippen LogP contribution in [-0.4, -0.2) is 43.7 Å². The van der Waals surface area contributed by atoms with Gasteiger partial charge in [-0.25, -0.2) is 0 Å². The molecule has 1 amide bonds. The summed E-state index contributed by atoms with van der Waals surface area (Å²) in [5.41, 5.74) is 1.47. The number of halogens is 1. The fourth-order valence-electron chi connectivity index (χ4n) is 2.47. The standard InChI is InChI=1S/C15H21ClN2O2/c1-3-17-14-5-4-11(16)10-13(14)15(19)18(2)12-6-8-20-9-7-12/h4-5,10,12,17H,3,6-9H2,1-2H3. The van der Waals surface area contributed by atoms with Crippen LogP contribution in [0.4, 0.5) is 5.69 Å². The van der Waals surface area contributed by atoms with E-state index in [1.165, 1.54) is 0 Å². The van der Waals surface area contributed by atoms with Gasteiger partial charge in [0.15, 0.2) is 0 Å². The van der Waals surface area contributed by atoms with Crippen LogP contribution >= 0.6 is 11.6 Å². The molecule has 0 spiro atoms. The minimum absolute atomic E-state index is 0.00958. The first kappa shape index (κ1) is 15.1. The summed E-state index contributed by atoms with van der Waals surface area (Å²) in [4.78, 5) is 14.5. The van der Waals surface area contributed by atoms with E-state index in [1.54, 1.807) is 12.1 Å². The summed E-state index contributed by atoms with van der Waals surface area (Å²) >= 11 is 6.03. The number of nitrogens with zero attached hydrogens (tertiary/aromatic N) is 1. The molecule has 1 aromatic rings. The Hall–Kier alpha value is -1.26. The summed E-state index contributed by atoms with van der Waals surface area (Å²) in [5.74, 6) is 0.00958. The highest BCUT2D eigenvalue weighted by Gasteiger charge is 2.25. The Morgan fingerprint density at radius 3 is 2.80 bits per heavy atom. The van der Waals surface area contributed by atoms with Crippen molar-refractivity contribution in [3.8, 4) is 0 Å². The lowest BCUT2D eigenvalue weighted by atomic mass is 10.1. The van der Waals surface area contributed by atoms with E-state index in [0.717, 1.165) is 38.3 Å². The van der Waals surface area contributed by atoms with E-state index in [2.05, 4.69) is 5.32 Å². The summed E-state index contributed by atoms with van der Waals surface area (Å²) in [5, 5.41) is 3.79. The highest BCUT2D eigenvalue weighted by molar-refractivity contribution is 6.31. The number of nitrogens with one attached hydrogen (secondary N) is 1. The zero-order valence-electron chi connectivity index (χ0n) is 12.0. The van der Waals surface area contributed by atoms with Crippen LogP contribution in [0.15, 0.2) is 18.2 Å². The van der Waals surface area contributed by atoms with Gasteiger partial charge >= 0.3 is 0 Å². The Morgan fingerprint density at radius 1 is 1.45 bits per heavy atom. The number of rotatable bonds is 4. The Balaban J connectivity index is 2.20. The van der Waals surface area contributed by atoms with Gasteiger partial charge in [0.2, 0.25) is 0 Å². The van der Waals surface area contributed by atoms with Crippen molar-refractivity contribution in [2.75, 3.05) is 32.1 Å². The molecule has 0 radical (unpaired) electrons. The Labute approximate surface area is 125 Å². The minimum Gasteiger partial charge on any atom is -0.385 e. The van der Waals surface area contributed by atoms with Crippen molar-refractivity contribution in [2.24, 2.45) is 0 Å². The number of benzene rings is 1. The average Bonchev–Trinajstić information content (AvgIpc) is 2.48. The van der Waals surface area contributed by atoms with Crippen molar-refractivity contribution in [1.29, 1.82) is 0 Å². The Morgan fingerprint density at radius 2 is 2.15 bits per heavy atom. The monoisotopic (exact) mass is 296 g/mol. The van der Waals surface area contributed by atoms with Gasteiger partial charge in [0, 0.05) is 43.6 Å². The molecule has 1 aromatic carbocycles. The van der Waals surface area contributed by atoms with Gasteiger partial charge in [0.25, 0.3) is 5.91 Å². The predicted molar refractivity (Wildman–Crippen MR) is 81.6 cm³/mol. The van der Waals surface area contributed by atoms with E-state index in [4.69, 9.17) is 16.3 Å². The predicted octanol–water partition coefficient (Wildman–Crippen LogP) is 3.02. The molecule has 1 fully saturated rings. The maximum atomic E-state index is 12.7. The van der Waals surface area contributed by atoms with Crippen LogP contribution in [0.2, 0.25) is 5.02 Å². The van der Waals surface area contributed by atoms with Crippen molar-refractivity contribution in [3.05, 3.63) is 28.8 Å². The molecule has 5 heteroatoms. The van der Waals surface area contributed by atoms with Crippen LogP contribution in [0.3, 0.4) is 0 Å². The third kappa shape index (κ3) is 3.44. The zero-order chi connectivity index (χ0) is 14.5. The first-order valence-electron chi connectivity index (χ1n) is 7.01. The van der Waals surface area contributed by atoms with Crippen LogP contribution in [-0.2, 0) is 4.74 Å². The molecule has 1 aliphatic rings. The third-order valence-electron chi connectivity index (χ3n) is 3.64. The van der Waals surface area contributed by atoms with Crippen LogP contribution in [0, 0.1) is 0 Å². The first-order valence-corrected chi connectivity index (χ1v) is 7.39. The summed E-state index contributed by atoms with van der Waals surface area (Å²) in [7, 11) is 1.86. The van der Waals surface area contributed by atoms with E-state index >= 15 is 0 Å². The van der Waals surface area contributed by atoms with Gasteiger partial charge in [-0.3, -0.25) is 4.79 Å². The molecular weight excluding hydrogens is 276 g/mol. The molecule has 1 aliphatic heterocycles. The van der Waals surface area contributed by atoms with Crippen molar-refractivity contribution in [2.45, 2.75) is 25.8 Å². The second-order valence-electron chi connectivity index (χ2n) is 4.98. The third-order valence-corrected chi connectivity index (χ3v) is 3.87. The minimum atomic E-state index is 0.00958. The molecule has 0 aliphatic carbocycles. The molecule has 0 unspecified atom stereocenters. The molecule has 0 aromatic heterocycles. The van der Waals surface area contributed by atoms with E-state index in [1.807, 2.05) is 24.9 Å². The van der Waals surface area contributed by atoms with Crippen LogP contribution in [0.5, 0.6) is 0 Å². The Kier molecular flexibility index (Phi) is 5.26. The van der Waals surface area contributed by atoms with Gasteiger partial charge < -0.3 is 15.0 Å². The van der Waals surface area contributed by atoms with Gasteiger partial charge in [-0.2, -0.15) is 0 Å². The van der Waals surface area contributed by atoms with Crippen LogP contribution in [0.25, 0.3) is 0 Å². The molecule has 20 heavy (non-hydrogen) atoms. The fraction of sp³-hybridized carbons (Fsp3) is 0.533. The largest absolute Gasteiger partial charge is 0.385 e. The SMILES string of the molecule is CCNc1ccc(Cl)cc1C(=O)N(C)C1CCOCC1. The molecule has 1 N–H and O–H groups in total. The molecule has 4 nitrogen and oxygen atoms in total. The lowest BCUT2D eigenvalue weighted by molar-refractivity contribution is 0.0362. The summed E-state index contributed by atoms with van der Waals surface area (Å²) in [6, 6.07) is 5.63. The van der Waals surface area contributed by atoms with Crippen LogP contribution < -0.4 is 5.32 Å². The number of carbonyl (C=O) groups is 1. The lowest BCUT2D eigenvalue weighted by Gasteiger charge is -2.31. The van der Waals surface area contributed by atoms with Crippen LogP contribution in [0.1, 0.15) is 30.1 Å². The topological polar surface area (TPSA) is 41.6 Å². The highest BCUT2D eigenvalue weighted by Crippen LogP contribution is 2.24. The molecule has 0 bridgehead atoms. The van der Waals surface area contributed by atoms with Gasteiger partial charge in [0.05, 0.1) is 5.56 Å². The van der Waals surface area contributed by atoms with Gasteiger partial charge in [-0.1, -0.05) is 11.6 Å². The maximum Gasteiger partial charge on any atom is 0.255 e. The molecule has 1 saturated heterocycles. The number of hydrogen-bond donors (Lipinski definition) is 1. The number of anilines is 1. The number of amides is 1. The Bertz CT molecular complexity index is 473. The summed E-state index contributed by atoms with van der Waals surface area (Å²) in [6.45, 7) is 4.21. The van der Waals surface area contributed by atoms with Gasteiger partial charge in [-0.15, -0.1) is 0 Å². The molecule has 110 valence electrons. The fourth-order valence-corrected chi connectivity index (χ4v) is 2.64. The maximum absolute atomic E-state index is 12.7. The van der Waals surface area contributed by atoms with Crippen molar-refractivity contribution in [1.82, 2.24) is 4.90 Å². The second-order valence-corrected chi connectivity index (χ2v) is 5.42. The first-order chi connectivity index (χ1) is 9.63. The van der Waals surface area contributed by atoms with Crippen molar-refractivity contribution in [3.63, 3.8) is 0 Å². The molecule has 2 rings (SSSR count). The summed E-state index contributed by atoms with van der Waals surface area (Å²) < 4.78 is 5.35. The second kappa shape index (κ2) is 6.95. The van der Waals surface area contributed by atoms with E-state index in [9.17, 15) is 4.79 Å². The quantitative estimate of drug-likeness (QED) is 0.928.